The second-order valence-corrected chi connectivity index (χ2v) is 3.33. The molecule has 14 heavy (non-hydrogen) atoms. The van der Waals surface area contributed by atoms with Crippen molar-refractivity contribution in [3.05, 3.63) is 0 Å². The van der Waals surface area contributed by atoms with Gasteiger partial charge < -0.3 is 5.73 Å². The quantitative estimate of drug-likeness (QED) is 0.622. The van der Waals surface area contributed by atoms with E-state index in [4.69, 9.17) is 5.73 Å². The summed E-state index contributed by atoms with van der Waals surface area (Å²) in [4.78, 5) is 23.6. The van der Waals surface area contributed by atoms with Gasteiger partial charge in [-0.1, -0.05) is 13.8 Å². The van der Waals surface area contributed by atoms with E-state index in [1.165, 1.54) is 0 Å². The number of ketones is 1. The molecular formula is C10H20N2O2. The molecule has 0 fully saturated rings. The summed E-state index contributed by atoms with van der Waals surface area (Å²) in [6.45, 7) is 5.69. The highest BCUT2D eigenvalue weighted by Gasteiger charge is 2.06. The predicted octanol–water partition coefficient (Wildman–Crippen LogP) is 0.553. The molecule has 0 aliphatic carbocycles. The summed E-state index contributed by atoms with van der Waals surface area (Å²) >= 11 is 0. The number of hydrogen-bond acceptors (Lipinski definition) is 3. The molecule has 1 amide bonds. The highest BCUT2D eigenvalue weighted by Crippen LogP contribution is 1.97. The van der Waals surface area contributed by atoms with Crippen LogP contribution in [0.2, 0.25) is 0 Å². The minimum atomic E-state index is -0.311. The van der Waals surface area contributed by atoms with Crippen LogP contribution in [0.3, 0.4) is 0 Å². The van der Waals surface area contributed by atoms with E-state index in [-0.39, 0.29) is 18.2 Å². The zero-order chi connectivity index (χ0) is 11.0. The molecule has 4 nitrogen and oxygen atoms in total. The van der Waals surface area contributed by atoms with Gasteiger partial charge in [-0.25, -0.2) is 0 Å². The third-order valence-electron chi connectivity index (χ3n) is 2.15. The van der Waals surface area contributed by atoms with Crippen molar-refractivity contribution in [1.29, 1.82) is 0 Å². The van der Waals surface area contributed by atoms with Gasteiger partial charge in [-0.3, -0.25) is 14.5 Å². The van der Waals surface area contributed by atoms with Gasteiger partial charge in [0.2, 0.25) is 5.91 Å². The first-order valence-electron chi connectivity index (χ1n) is 5.12. The lowest BCUT2D eigenvalue weighted by molar-refractivity contribution is -0.119. The molecule has 4 heteroatoms. The van der Waals surface area contributed by atoms with E-state index in [9.17, 15) is 9.59 Å². The van der Waals surface area contributed by atoms with Crippen LogP contribution in [0.5, 0.6) is 0 Å². The molecule has 0 aromatic carbocycles. The molecule has 0 atom stereocenters. The number of rotatable bonds is 8. The molecule has 0 rings (SSSR count). The zero-order valence-corrected chi connectivity index (χ0v) is 9.08. The maximum Gasteiger partial charge on any atom is 0.231 e. The van der Waals surface area contributed by atoms with Crippen molar-refractivity contribution in [2.45, 2.75) is 33.1 Å². The number of amides is 1. The van der Waals surface area contributed by atoms with Gasteiger partial charge in [0.25, 0.3) is 0 Å². The largest absolute Gasteiger partial charge is 0.369 e. The van der Waals surface area contributed by atoms with Gasteiger partial charge in [-0.15, -0.1) is 0 Å². The number of nitrogens with two attached hydrogens (primary N) is 1. The molecule has 0 saturated heterocycles. The second-order valence-electron chi connectivity index (χ2n) is 3.33. The Hall–Kier alpha value is -0.900. The van der Waals surface area contributed by atoms with Crippen molar-refractivity contribution >= 4 is 11.7 Å². The number of likely N-dealkylation sites (N-methyl/N-ethyl adjacent to an activating group) is 1. The average Bonchev–Trinajstić information content (AvgIpc) is 2.15. The van der Waals surface area contributed by atoms with E-state index < -0.39 is 0 Å². The second kappa shape index (κ2) is 7.50. The molecule has 2 N–H and O–H groups in total. The Kier molecular flexibility index (Phi) is 7.02. The fourth-order valence-electron chi connectivity index (χ4n) is 1.25. The van der Waals surface area contributed by atoms with Crippen molar-refractivity contribution in [3.8, 4) is 0 Å². The van der Waals surface area contributed by atoms with E-state index >= 15 is 0 Å². The first-order chi connectivity index (χ1) is 6.60. The number of carbonyl (C=O) groups is 2. The van der Waals surface area contributed by atoms with E-state index in [0.29, 0.717) is 12.8 Å². The molecule has 0 saturated carbocycles. The Morgan fingerprint density at radius 2 is 1.93 bits per heavy atom. The smallest absolute Gasteiger partial charge is 0.231 e. The van der Waals surface area contributed by atoms with E-state index in [2.05, 4.69) is 0 Å². The lowest BCUT2D eigenvalue weighted by Crippen LogP contribution is -2.34. The summed E-state index contributed by atoms with van der Waals surface area (Å²) in [5.74, 6) is -0.0335. The summed E-state index contributed by atoms with van der Waals surface area (Å²) in [5, 5.41) is 0. The van der Waals surface area contributed by atoms with Gasteiger partial charge >= 0.3 is 0 Å². The molecule has 82 valence electrons. The molecule has 0 unspecified atom stereocenters. The lowest BCUT2D eigenvalue weighted by Gasteiger charge is -2.17. The third-order valence-corrected chi connectivity index (χ3v) is 2.15. The van der Waals surface area contributed by atoms with Gasteiger partial charge in [-0.05, 0) is 19.5 Å². The third kappa shape index (κ3) is 6.60. The van der Waals surface area contributed by atoms with E-state index in [1.807, 2.05) is 18.7 Å². The number of Topliss-reactive ketones (excluding diaryl/α,β-unsaturated/α-hetero) is 1. The maximum absolute atomic E-state index is 11.0. The van der Waals surface area contributed by atoms with Gasteiger partial charge in [-0.2, -0.15) is 0 Å². The topological polar surface area (TPSA) is 63.4 Å². The Labute approximate surface area is 85.4 Å². The Bertz CT molecular complexity index is 193. The number of nitrogens with zero attached hydrogens (tertiary/aromatic N) is 1. The van der Waals surface area contributed by atoms with Crippen LogP contribution in [-0.4, -0.2) is 36.2 Å². The van der Waals surface area contributed by atoms with Gasteiger partial charge in [0.15, 0.2) is 0 Å². The van der Waals surface area contributed by atoms with Crippen LogP contribution in [-0.2, 0) is 9.59 Å². The fraction of sp³-hybridized carbons (Fsp3) is 0.800. The summed E-state index contributed by atoms with van der Waals surface area (Å²) in [7, 11) is 0. The molecular weight excluding hydrogens is 180 g/mol. The van der Waals surface area contributed by atoms with Crippen molar-refractivity contribution in [1.82, 2.24) is 4.90 Å². The standard InChI is InChI=1S/C10H20N2O2/c1-3-9(13)6-5-7-12(4-2)8-10(11)14/h3-8H2,1-2H3,(H2,11,14). The van der Waals surface area contributed by atoms with Gasteiger partial charge in [0.05, 0.1) is 6.54 Å². The van der Waals surface area contributed by atoms with Crippen LogP contribution < -0.4 is 5.73 Å². The van der Waals surface area contributed by atoms with E-state index in [1.54, 1.807) is 0 Å². The summed E-state index contributed by atoms with van der Waals surface area (Å²) < 4.78 is 0. The van der Waals surface area contributed by atoms with Crippen LogP contribution in [0.25, 0.3) is 0 Å². The van der Waals surface area contributed by atoms with Crippen LogP contribution in [0, 0.1) is 0 Å². The molecule has 0 aromatic heterocycles. The van der Waals surface area contributed by atoms with Crippen LogP contribution in [0.4, 0.5) is 0 Å². The van der Waals surface area contributed by atoms with Crippen molar-refractivity contribution in [2.75, 3.05) is 19.6 Å². The first kappa shape index (κ1) is 13.1. The molecule has 0 aromatic rings. The molecule has 0 aliphatic rings. The van der Waals surface area contributed by atoms with Crippen molar-refractivity contribution < 1.29 is 9.59 Å². The predicted molar refractivity (Wildman–Crippen MR) is 55.8 cm³/mol. The van der Waals surface area contributed by atoms with Crippen molar-refractivity contribution in [3.63, 3.8) is 0 Å². The monoisotopic (exact) mass is 200 g/mol. The van der Waals surface area contributed by atoms with Gasteiger partial charge in [0.1, 0.15) is 5.78 Å². The maximum atomic E-state index is 11.0. The number of primary amides is 1. The zero-order valence-electron chi connectivity index (χ0n) is 9.08. The molecule has 0 bridgehead atoms. The molecule has 0 aliphatic heterocycles. The Morgan fingerprint density at radius 1 is 1.29 bits per heavy atom. The Morgan fingerprint density at radius 3 is 2.36 bits per heavy atom. The van der Waals surface area contributed by atoms with Crippen LogP contribution in [0.15, 0.2) is 0 Å². The summed E-state index contributed by atoms with van der Waals surface area (Å²) in [5.41, 5.74) is 5.08. The number of hydrogen-bond donors (Lipinski definition) is 1. The molecule has 0 radical (unpaired) electrons. The SMILES string of the molecule is CCC(=O)CCCN(CC)CC(N)=O. The first-order valence-corrected chi connectivity index (χ1v) is 5.12. The fourth-order valence-corrected chi connectivity index (χ4v) is 1.25. The average molecular weight is 200 g/mol. The number of carbonyl (C=O) groups excluding carboxylic acids is 2. The molecule has 0 spiro atoms. The van der Waals surface area contributed by atoms with Crippen LogP contribution >= 0.6 is 0 Å². The normalized spacial score (nSPS) is 10.5. The van der Waals surface area contributed by atoms with Crippen LogP contribution in [0.1, 0.15) is 33.1 Å². The minimum absolute atomic E-state index is 0.278. The highest BCUT2D eigenvalue weighted by atomic mass is 16.1. The summed E-state index contributed by atoms with van der Waals surface area (Å²) in [6.07, 6.45) is 2.02. The van der Waals surface area contributed by atoms with E-state index in [0.717, 1.165) is 19.5 Å². The lowest BCUT2D eigenvalue weighted by atomic mass is 10.2. The molecule has 0 heterocycles. The minimum Gasteiger partial charge on any atom is -0.369 e. The Balaban J connectivity index is 3.62. The van der Waals surface area contributed by atoms with Gasteiger partial charge in [0, 0.05) is 12.8 Å². The summed E-state index contributed by atoms with van der Waals surface area (Å²) in [6, 6.07) is 0. The van der Waals surface area contributed by atoms with Crippen molar-refractivity contribution in [2.24, 2.45) is 5.73 Å². The highest BCUT2D eigenvalue weighted by molar-refractivity contribution is 5.78.